The van der Waals surface area contributed by atoms with Crippen LogP contribution in [0.5, 0.6) is 5.75 Å². The summed E-state index contributed by atoms with van der Waals surface area (Å²) in [7, 11) is 0. The van der Waals surface area contributed by atoms with Crippen LogP contribution in [0.15, 0.2) is 12.1 Å². The molecule has 1 fully saturated rings. The Labute approximate surface area is 219 Å². The number of unbranched alkanes of at least 4 members (excludes halogenated alkanes) is 13. The third-order valence-electron chi connectivity index (χ3n) is 8.60. The minimum Gasteiger partial charge on any atom is -0.507 e. The third kappa shape index (κ3) is 11.3. The Morgan fingerprint density at radius 3 is 1.71 bits per heavy atom. The van der Waals surface area contributed by atoms with Crippen molar-refractivity contribution in [3.8, 4) is 5.75 Å². The Morgan fingerprint density at radius 2 is 1.23 bits per heavy atom. The molecule has 1 atom stereocenters. The smallest absolute Gasteiger partial charge is 0.122 e. The molecule has 202 valence electrons. The quantitative estimate of drug-likeness (QED) is 0.218. The number of aromatic hydroxyl groups is 1. The van der Waals surface area contributed by atoms with Gasteiger partial charge in [-0.15, -0.1) is 0 Å². The van der Waals surface area contributed by atoms with Crippen molar-refractivity contribution in [1.82, 2.24) is 0 Å². The van der Waals surface area contributed by atoms with E-state index in [0.29, 0.717) is 17.6 Å². The lowest BCUT2D eigenvalue weighted by atomic mass is 9.77. The molecule has 1 unspecified atom stereocenters. The van der Waals surface area contributed by atoms with Crippen LogP contribution in [-0.4, -0.2) is 5.11 Å². The van der Waals surface area contributed by atoms with Crippen molar-refractivity contribution in [3.05, 3.63) is 28.8 Å². The molecular weight excluding hydrogens is 424 g/mol. The van der Waals surface area contributed by atoms with E-state index >= 15 is 0 Å². The molecule has 0 spiro atoms. The number of phenols is 1. The van der Waals surface area contributed by atoms with Crippen LogP contribution in [0.4, 0.5) is 0 Å². The summed E-state index contributed by atoms with van der Waals surface area (Å²) in [6.07, 6.45) is 27.4. The molecule has 0 radical (unpaired) electrons. The van der Waals surface area contributed by atoms with E-state index in [1.807, 2.05) is 0 Å². The van der Waals surface area contributed by atoms with Gasteiger partial charge in [0.1, 0.15) is 5.75 Å². The molecular formula is C34H60O. The van der Waals surface area contributed by atoms with Crippen molar-refractivity contribution < 1.29 is 5.11 Å². The highest BCUT2D eigenvalue weighted by Gasteiger charge is 2.25. The average molecular weight is 485 g/mol. The van der Waals surface area contributed by atoms with Crippen LogP contribution in [-0.2, 0) is 5.41 Å². The summed E-state index contributed by atoms with van der Waals surface area (Å²) in [4.78, 5) is 0. The second kappa shape index (κ2) is 16.7. The maximum absolute atomic E-state index is 11.3. The highest BCUT2D eigenvalue weighted by molar-refractivity contribution is 5.49. The van der Waals surface area contributed by atoms with E-state index in [0.717, 1.165) is 0 Å². The molecule has 1 aromatic rings. The summed E-state index contributed by atoms with van der Waals surface area (Å²) in [5.74, 6) is 1.62. The van der Waals surface area contributed by atoms with Crippen LogP contribution in [0.2, 0.25) is 0 Å². The molecule has 1 aliphatic rings. The number of phenolic OH excluding ortho intramolecular Hbond substituents is 1. The van der Waals surface area contributed by atoms with Gasteiger partial charge in [-0.25, -0.2) is 0 Å². The van der Waals surface area contributed by atoms with Crippen LogP contribution >= 0.6 is 0 Å². The fourth-order valence-corrected chi connectivity index (χ4v) is 6.01. The minimum atomic E-state index is 0.126. The van der Waals surface area contributed by atoms with Crippen molar-refractivity contribution in [1.29, 1.82) is 0 Å². The zero-order valence-electron chi connectivity index (χ0n) is 24.4. The van der Waals surface area contributed by atoms with Gasteiger partial charge >= 0.3 is 0 Å². The normalized spacial score (nSPS) is 16.0. The maximum atomic E-state index is 11.3. The van der Waals surface area contributed by atoms with E-state index in [1.165, 1.54) is 145 Å². The van der Waals surface area contributed by atoms with Crippen LogP contribution in [0.25, 0.3) is 0 Å². The molecule has 2 rings (SSSR count). The Kier molecular flexibility index (Phi) is 14.4. The fourth-order valence-electron chi connectivity index (χ4n) is 6.01. The monoisotopic (exact) mass is 484 g/mol. The lowest BCUT2D eigenvalue weighted by Gasteiger charge is -2.29. The molecule has 35 heavy (non-hydrogen) atoms. The molecule has 0 bridgehead atoms. The van der Waals surface area contributed by atoms with Crippen molar-refractivity contribution in [2.24, 2.45) is 0 Å². The van der Waals surface area contributed by atoms with Crippen molar-refractivity contribution in [2.45, 2.75) is 180 Å². The SMILES string of the molecule is CCCCCCCCCCCCCCCCC(C)c1cc(C(C)(C)C)cc(C2CCCCC2)c1O. The van der Waals surface area contributed by atoms with Gasteiger partial charge in [0.25, 0.3) is 0 Å². The summed E-state index contributed by atoms with van der Waals surface area (Å²) in [6, 6.07) is 4.67. The van der Waals surface area contributed by atoms with Crippen LogP contribution in [0, 0.1) is 0 Å². The summed E-state index contributed by atoms with van der Waals surface area (Å²) in [5, 5.41) is 11.3. The average Bonchev–Trinajstić information content (AvgIpc) is 2.84. The number of benzene rings is 1. The first-order valence-corrected chi connectivity index (χ1v) is 15.7. The molecule has 0 saturated heterocycles. The first kappa shape index (κ1) is 30.2. The molecule has 1 heteroatoms. The van der Waals surface area contributed by atoms with Gasteiger partial charge in [-0.3, -0.25) is 0 Å². The summed E-state index contributed by atoms with van der Waals surface area (Å²) in [5.41, 5.74) is 3.99. The third-order valence-corrected chi connectivity index (χ3v) is 8.60. The zero-order chi connectivity index (χ0) is 25.5. The van der Waals surface area contributed by atoms with E-state index < -0.39 is 0 Å². The number of hydrogen-bond donors (Lipinski definition) is 1. The van der Waals surface area contributed by atoms with Gasteiger partial charge in [-0.2, -0.15) is 0 Å². The zero-order valence-corrected chi connectivity index (χ0v) is 24.4. The Bertz CT molecular complexity index is 677. The Balaban J connectivity index is 1.71. The first-order valence-electron chi connectivity index (χ1n) is 15.7. The van der Waals surface area contributed by atoms with Gasteiger partial charge in [-0.1, -0.05) is 156 Å². The van der Waals surface area contributed by atoms with Gasteiger partial charge in [0, 0.05) is 0 Å². The molecule has 1 aliphatic carbocycles. The standard InChI is InChI=1S/C34H60O/c1-6-7-8-9-10-11-12-13-14-15-16-17-18-20-23-28(2)31-26-30(34(3,4)5)27-32(33(31)35)29-24-21-19-22-25-29/h26-29,35H,6-25H2,1-5H3. The molecule has 1 saturated carbocycles. The van der Waals surface area contributed by atoms with Crippen molar-refractivity contribution >= 4 is 0 Å². The maximum Gasteiger partial charge on any atom is 0.122 e. The highest BCUT2D eigenvalue weighted by atomic mass is 16.3. The van der Waals surface area contributed by atoms with E-state index in [-0.39, 0.29) is 5.41 Å². The topological polar surface area (TPSA) is 20.2 Å². The van der Waals surface area contributed by atoms with E-state index in [9.17, 15) is 5.11 Å². The van der Waals surface area contributed by atoms with E-state index in [2.05, 4.69) is 46.8 Å². The van der Waals surface area contributed by atoms with Gasteiger partial charge in [-0.05, 0) is 53.2 Å². The summed E-state index contributed by atoms with van der Waals surface area (Å²) in [6.45, 7) is 11.6. The lowest BCUT2D eigenvalue weighted by molar-refractivity contribution is 0.406. The largest absolute Gasteiger partial charge is 0.507 e. The number of rotatable bonds is 17. The van der Waals surface area contributed by atoms with Crippen molar-refractivity contribution in [2.75, 3.05) is 0 Å². The van der Waals surface area contributed by atoms with Gasteiger partial charge < -0.3 is 5.11 Å². The summed E-state index contributed by atoms with van der Waals surface area (Å²) >= 11 is 0. The van der Waals surface area contributed by atoms with Crippen LogP contribution in [0.3, 0.4) is 0 Å². The van der Waals surface area contributed by atoms with Gasteiger partial charge in [0.15, 0.2) is 0 Å². The molecule has 1 nitrogen and oxygen atoms in total. The second-order valence-electron chi connectivity index (χ2n) is 12.9. The predicted octanol–water partition coefficient (Wildman–Crippen LogP) is 11.7. The molecule has 0 amide bonds. The highest BCUT2D eigenvalue weighted by Crippen LogP contribution is 2.43. The molecule has 0 aromatic heterocycles. The second-order valence-corrected chi connectivity index (χ2v) is 12.9. The Hall–Kier alpha value is -0.980. The van der Waals surface area contributed by atoms with Gasteiger partial charge in [0.2, 0.25) is 0 Å². The minimum absolute atomic E-state index is 0.126. The lowest BCUT2D eigenvalue weighted by Crippen LogP contribution is -2.15. The fraction of sp³-hybridized carbons (Fsp3) is 0.824. The Morgan fingerprint density at radius 1 is 0.743 bits per heavy atom. The molecule has 0 heterocycles. The first-order chi connectivity index (χ1) is 16.8. The van der Waals surface area contributed by atoms with E-state index in [1.54, 1.807) is 0 Å². The van der Waals surface area contributed by atoms with Crippen LogP contribution < -0.4 is 0 Å². The van der Waals surface area contributed by atoms with Crippen molar-refractivity contribution in [3.63, 3.8) is 0 Å². The van der Waals surface area contributed by atoms with Gasteiger partial charge in [0.05, 0.1) is 0 Å². The molecule has 0 aliphatic heterocycles. The van der Waals surface area contributed by atoms with E-state index in [4.69, 9.17) is 0 Å². The molecule has 1 N–H and O–H groups in total. The summed E-state index contributed by atoms with van der Waals surface area (Å²) < 4.78 is 0. The number of hydrogen-bond acceptors (Lipinski definition) is 1. The molecule has 1 aromatic carbocycles. The predicted molar refractivity (Wildman–Crippen MR) is 156 cm³/mol. The van der Waals surface area contributed by atoms with Crippen LogP contribution in [0.1, 0.15) is 192 Å².